The highest BCUT2D eigenvalue weighted by atomic mass is 16.5. The zero-order chi connectivity index (χ0) is 28.5. The number of nitrogens with zero attached hydrogens (tertiary/aromatic N) is 1. The van der Waals surface area contributed by atoms with Crippen molar-refractivity contribution in [2.24, 2.45) is 0 Å². The van der Waals surface area contributed by atoms with Crippen molar-refractivity contribution in [2.45, 2.75) is 6.04 Å². The van der Waals surface area contributed by atoms with Crippen molar-refractivity contribution in [2.75, 3.05) is 33.2 Å². The monoisotopic (exact) mass is 547 g/mol. The van der Waals surface area contributed by atoms with Gasteiger partial charge >= 0.3 is 0 Å². The first-order valence-corrected chi connectivity index (χ1v) is 13.2. The molecule has 1 aliphatic heterocycles. The van der Waals surface area contributed by atoms with Crippen molar-refractivity contribution < 1.29 is 23.8 Å². The van der Waals surface area contributed by atoms with Crippen LogP contribution in [0.1, 0.15) is 27.5 Å². The van der Waals surface area contributed by atoms with Gasteiger partial charge < -0.3 is 29.4 Å². The summed E-state index contributed by atoms with van der Waals surface area (Å²) in [5.41, 5.74) is 5.55. The number of carbonyl (C=O) groups is 2. The first kappa shape index (κ1) is 26.0. The van der Waals surface area contributed by atoms with Crippen LogP contribution in [0, 0.1) is 0 Å². The number of carbonyl (C=O) groups excluding carboxylic acids is 2. The second-order valence-corrected chi connectivity index (χ2v) is 9.73. The van der Waals surface area contributed by atoms with Gasteiger partial charge in [0.05, 0.1) is 38.8 Å². The summed E-state index contributed by atoms with van der Waals surface area (Å²) < 4.78 is 16.2. The number of aromatic amines is 1. The Kier molecular flexibility index (Phi) is 6.81. The molecule has 0 aliphatic carbocycles. The number of hydrogen-bond acceptors (Lipinski definition) is 5. The SMILES string of the molecule is COc1cccc(-c2[nH]c3ccccc3c2C2c3ccccc3C(=O)N2CC(=O)Nc2ccc(OC)cc2OC)c1. The second kappa shape index (κ2) is 10.7. The molecule has 0 radical (unpaired) electrons. The highest BCUT2D eigenvalue weighted by Gasteiger charge is 2.41. The third-order valence-corrected chi connectivity index (χ3v) is 7.43. The number of H-pyrrole nitrogens is 1. The predicted molar refractivity (Wildman–Crippen MR) is 158 cm³/mol. The lowest BCUT2D eigenvalue weighted by Crippen LogP contribution is -2.36. The number of nitrogens with one attached hydrogen (secondary N) is 2. The normalized spacial score (nSPS) is 14.2. The van der Waals surface area contributed by atoms with Gasteiger partial charge in [0.25, 0.3) is 5.91 Å². The highest BCUT2D eigenvalue weighted by Crippen LogP contribution is 2.45. The van der Waals surface area contributed by atoms with Crippen LogP contribution in [-0.4, -0.2) is 49.6 Å². The van der Waals surface area contributed by atoms with E-state index in [1.807, 2.05) is 72.8 Å². The molecule has 2 heterocycles. The number of benzene rings is 4. The number of fused-ring (bicyclic) bond motifs is 2. The van der Waals surface area contributed by atoms with Gasteiger partial charge in [0.15, 0.2) is 0 Å². The van der Waals surface area contributed by atoms with Crippen LogP contribution in [-0.2, 0) is 4.79 Å². The summed E-state index contributed by atoms with van der Waals surface area (Å²) in [6.45, 7) is -0.162. The number of hydrogen-bond donors (Lipinski definition) is 2. The van der Waals surface area contributed by atoms with E-state index >= 15 is 0 Å². The first-order chi connectivity index (χ1) is 20.0. The first-order valence-electron chi connectivity index (χ1n) is 13.2. The summed E-state index contributed by atoms with van der Waals surface area (Å²) in [4.78, 5) is 32.6. The van der Waals surface area contributed by atoms with Gasteiger partial charge in [-0.1, -0.05) is 48.5 Å². The van der Waals surface area contributed by atoms with Gasteiger partial charge in [-0.15, -0.1) is 0 Å². The fourth-order valence-electron chi connectivity index (χ4n) is 5.54. The van der Waals surface area contributed by atoms with E-state index in [1.54, 1.807) is 37.3 Å². The molecule has 1 aromatic heterocycles. The summed E-state index contributed by atoms with van der Waals surface area (Å²) in [5.74, 6) is 1.24. The topological polar surface area (TPSA) is 92.9 Å². The van der Waals surface area contributed by atoms with Crippen molar-refractivity contribution in [3.8, 4) is 28.5 Å². The molecule has 41 heavy (non-hydrogen) atoms. The van der Waals surface area contributed by atoms with E-state index in [4.69, 9.17) is 14.2 Å². The molecule has 1 aliphatic rings. The molecule has 0 spiro atoms. The van der Waals surface area contributed by atoms with Crippen LogP contribution in [0.3, 0.4) is 0 Å². The van der Waals surface area contributed by atoms with Crippen LogP contribution >= 0.6 is 0 Å². The second-order valence-electron chi connectivity index (χ2n) is 9.73. The van der Waals surface area contributed by atoms with E-state index in [2.05, 4.69) is 10.3 Å². The molecule has 8 nitrogen and oxygen atoms in total. The third kappa shape index (κ3) is 4.63. The van der Waals surface area contributed by atoms with Gasteiger partial charge in [0, 0.05) is 33.7 Å². The van der Waals surface area contributed by atoms with E-state index in [1.165, 1.54) is 7.11 Å². The summed E-state index contributed by atoms with van der Waals surface area (Å²) in [6, 6.07) is 28.0. The highest BCUT2D eigenvalue weighted by molar-refractivity contribution is 6.05. The van der Waals surface area contributed by atoms with Crippen LogP contribution in [0.5, 0.6) is 17.2 Å². The Hall–Kier alpha value is -5.24. The smallest absolute Gasteiger partial charge is 0.255 e. The maximum atomic E-state index is 13.9. The van der Waals surface area contributed by atoms with Crippen LogP contribution in [0.2, 0.25) is 0 Å². The summed E-state index contributed by atoms with van der Waals surface area (Å²) in [6.07, 6.45) is 0. The molecule has 6 rings (SSSR count). The van der Waals surface area contributed by atoms with Crippen LogP contribution in [0.4, 0.5) is 5.69 Å². The van der Waals surface area contributed by atoms with E-state index in [-0.39, 0.29) is 18.4 Å². The molecule has 5 aromatic rings. The molecule has 0 bridgehead atoms. The van der Waals surface area contributed by atoms with E-state index in [0.29, 0.717) is 22.7 Å². The molecular weight excluding hydrogens is 518 g/mol. The average molecular weight is 548 g/mol. The fourth-order valence-corrected chi connectivity index (χ4v) is 5.54. The molecule has 2 amide bonds. The standard InChI is InChI=1S/C33H29N3O5/c1-39-21-10-8-9-20(17-21)31-30(25-13-6-7-14-26(25)35-31)32-23-11-4-5-12-24(23)33(38)36(32)19-29(37)34-27-16-15-22(40-2)18-28(27)41-3/h4-18,32,35H,19H2,1-3H3,(H,34,37). The summed E-state index contributed by atoms with van der Waals surface area (Å²) in [7, 11) is 4.72. The lowest BCUT2D eigenvalue weighted by atomic mass is 9.93. The van der Waals surface area contributed by atoms with E-state index in [9.17, 15) is 9.59 Å². The Morgan fingerprint density at radius 1 is 0.854 bits per heavy atom. The molecule has 1 atom stereocenters. The molecule has 8 heteroatoms. The molecule has 206 valence electrons. The summed E-state index contributed by atoms with van der Waals surface area (Å²) >= 11 is 0. The fraction of sp³-hybridized carbons (Fsp3) is 0.152. The molecule has 4 aromatic carbocycles. The number of amides is 2. The molecule has 2 N–H and O–H groups in total. The van der Waals surface area contributed by atoms with Gasteiger partial charge in [0.1, 0.15) is 23.8 Å². The quantitative estimate of drug-likeness (QED) is 0.247. The predicted octanol–water partition coefficient (Wildman–Crippen LogP) is 6.04. The molecule has 0 saturated carbocycles. The number of rotatable bonds is 8. The van der Waals surface area contributed by atoms with Gasteiger partial charge in [-0.3, -0.25) is 9.59 Å². The lowest BCUT2D eigenvalue weighted by Gasteiger charge is -2.26. The minimum absolute atomic E-state index is 0.162. The molecular formula is C33H29N3O5. The van der Waals surface area contributed by atoms with Gasteiger partial charge in [0.2, 0.25) is 5.91 Å². The van der Waals surface area contributed by atoms with E-state index in [0.717, 1.165) is 39.0 Å². The third-order valence-electron chi connectivity index (χ3n) is 7.43. The largest absolute Gasteiger partial charge is 0.497 e. The number of para-hydroxylation sites is 1. The van der Waals surface area contributed by atoms with Gasteiger partial charge in [-0.2, -0.15) is 0 Å². The number of methoxy groups -OCH3 is 3. The van der Waals surface area contributed by atoms with E-state index < -0.39 is 6.04 Å². The Morgan fingerprint density at radius 2 is 1.61 bits per heavy atom. The number of ether oxygens (including phenoxy) is 3. The lowest BCUT2D eigenvalue weighted by molar-refractivity contribution is -0.117. The van der Waals surface area contributed by atoms with Crippen LogP contribution in [0.15, 0.2) is 91.0 Å². The Labute approximate surface area is 237 Å². The maximum Gasteiger partial charge on any atom is 0.255 e. The summed E-state index contributed by atoms with van der Waals surface area (Å²) in [5, 5.41) is 3.89. The van der Waals surface area contributed by atoms with Crippen molar-refractivity contribution in [1.29, 1.82) is 0 Å². The van der Waals surface area contributed by atoms with Gasteiger partial charge in [-0.25, -0.2) is 0 Å². The Bertz CT molecular complexity index is 1780. The number of aromatic nitrogens is 1. The van der Waals surface area contributed by atoms with Crippen molar-refractivity contribution in [3.63, 3.8) is 0 Å². The zero-order valence-electron chi connectivity index (χ0n) is 22.9. The molecule has 0 fully saturated rings. The maximum absolute atomic E-state index is 13.9. The minimum atomic E-state index is -0.500. The van der Waals surface area contributed by atoms with Gasteiger partial charge in [-0.05, 0) is 42.0 Å². The van der Waals surface area contributed by atoms with Crippen LogP contribution < -0.4 is 19.5 Å². The molecule has 0 saturated heterocycles. The average Bonchev–Trinajstić information content (AvgIpc) is 3.52. The Morgan fingerprint density at radius 3 is 2.41 bits per heavy atom. The van der Waals surface area contributed by atoms with Crippen molar-refractivity contribution in [1.82, 2.24) is 9.88 Å². The Balaban J connectivity index is 1.45. The van der Waals surface area contributed by atoms with Crippen LogP contribution in [0.25, 0.3) is 22.2 Å². The number of anilines is 1. The molecule has 1 unspecified atom stereocenters. The van der Waals surface area contributed by atoms with Crippen molar-refractivity contribution >= 4 is 28.4 Å². The van der Waals surface area contributed by atoms with Crippen molar-refractivity contribution in [3.05, 3.63) is 108 Å². The zero-order valence-corrected chi connectivity index (χ0v) is 22.9. The minimum Gasteiger partial charge on any atom is -0.497 e.